The minimum absolute atomic E-state index is 0.0681. The maximum absolute atomic E-state index is 11.8. The third-order valence-corrected chi connectivity index (χ3v) is 3.83. The fourth-order valence-electron chi connectivity index (χ4n) is 1.40. The molecule has 0 saturated heterocycles. The molecule has 3 nitrogen and oxygen atoms in total. The molecular weight excluding hydrogens is 246 g/mol. The van der Waals surface area contributed by atoms with E-state index in [1.165, 1.54) is 0 Å². The molecule has 0 spiro atoms. The molecule has 1 aromatic carbocycles. The standard InChI is InChI=1S/C14H17NO2S/c1-11(2)7-8-18(17)10-14(16)13-5-3-12(9-15)4-6-13/h3-6,11H,7-8,10H2,1-2H3. The van der Waals surface area contributed by atoms with E-state index in [1.54, 1.807) is 24.3 Å². The number of hydrogen-bond donors (Lipinski definition) is 0. The number of carbonyl (C=O) groups excluding carboxylic acids is 1. The average molecular weight is 263 g/mol. The summed E-state index contributed by atoms with van der Waals surface area (Å²) in [7, 11) is -1.09. The van der Waals surface area contributed by atoms with Gasteiger partial charge in [0.25, 0.3) is 0 Å². The monoisotopic (exact) mass is 263 g/mol. The molecule has 1 atom stereocenters. The van der Waals surface area contributed by atoms with E-state index >= 15 is 0 Å². The van der Waals surface area contributed by atoms with Crippen LogP contribution in [0.5, 0.6) is 0 Å². The minimum Gasteiger partial charge on any atom is -0.293 e. The summed E-state index contributed by atoms with van der Waals surface area (Å²) in [5.41, 5.74) is 1.04. The van der Waals surface area contributed by atoms with Crippen molar-refractivity contribution in [3.8, 4) is 6.07 Å². The third kappa shape index (κ3) is 4.80. The predicted octanol–water partition coefficient (Wildman–Crippen LogP) is 2.54. The zero-order valence-corrected chi connectivity index (χ0v) is 11.5. The van der Waals surface area contributed by atoms with Gasteiger partial charge in [0, 0.05) is 22.1 Å². The zero-order valence-electron chi connectivity index (χ0n) is 10.7. The van der Waals surface area contributed by atoms with Crippen molar-refractivity contribution in [2.45, 2.75) is 20.3 Å². The van der Waals surface area contributed by atoms with Gasteiger partial charge in [-0.25, -0.2) is 0 Å². The maximum Gasteiger partial charge on any atom is 0.175 e. The van der Waals surface area contributed by atoms with Crippen molar-refractivity contribution in [1.29, 1.82) is 5.26 Å². The zero-order chi connectivity index (χ0) is 13.5. The summed E-state index contributed by atoms with van der Waals surface area (Å²) in [5.74, 6) is 1.01. The van der Waals surface area contributed by atoms with Gasteiger partial charge in [0.05, 0.1) is 17.4 Å². The highest BCUT2D eigenvalue weighted by Gasteiger charge is 2.11. The van der Waals surface area contributed by atoms with E-state index < -0.39 is 10.8 Å². The highest BCUT2D eigenvalue weighted by Crippen LogP contribution is 2.07. The number of ketones is 1. The topological polar surface area (TPSA) is 57.9 Å². The van der Waals surface area contributed by atoms with Crippen molar-refractivity contribution < 1.29 is 9.00 Å². The molecule has 1 unspecified atom stereocenters. The van der Waals surface area contributed by atoms with Gasteiger partial charge in [-0.15, -0.1) is 0 Å². The molecule has 0 saturated carbocycles. The lowest BCUT2D eigenvalue weighted by molar-refractivity contribution is 0.102. The molecule has 1 rings (SSSR count). The largest absolute Gasteiger partial charge is 0.293 e. The molecule has 0 amide bonds. The fraction of sp³-hybridized carbons (Fsp3) is 0.429. The fourth-order valence-corrected chi connectivity index (χ4v) is 2.74. The van der Waals surface area contributed by atoms with Crippen LogP contribution in [0.25, 0.3) is 0 Å². The van der Waals surface area contributed by atoms with Crippen LogP contribution in [0.1, 0.15) is 36.2 Å². The molecule has 0 N–H and O–H groups in total. The molecule has 0 fully saturated rings. The molecule has 0 radical (unpaired) electrons. The number of carbonyl (C=O) groups is 1. The Hall–Kier alpha value is -1.47. The van der Waals surface area contributed by atoms with E-state index in [9.17, 15) is 9.00 Å². The number of rotatable bonds is 6. The van der Waals surface area contributed by atoms with Crippen LogP contribution in [0.4, 0.5) is 0 Å². The smallest absolute Gasteiger partial charge is 0.175 e. The van der Waals surface area contributed by atoms with Gasteiger partial charge in [0.15, 0.2) is 5.78 Å². The number of Topliss-reactive ketones (excluding diaryl/α,β-unsaturated/α-hetero) is 1. The van der Waals surface area contributed by atoms with E-state index in [0.29, 0.717) is 22.8 Å². The van der Waals surface area contributed by atoms with E-state index in [-0.39, 0.29) is 11.5 Å². The van der Waals surface area contributed by atoms with E-state index in [2.05, 4.69) is 13.8 Å². The third-order valence-electron chi connectivity index (χ3n) is 2.55. The van der Waals surface area contributed by atoms with Gasteiger partial charge in [-0.3, -0.25) is 9.00 Å². The molecule has 0 heterocycles. The molecule has 0 bridgehead atoms. The Labute approximate surface area is 110 Å². The lowest BCUT2D eigenvalue weighted by Gasteiger charge is -2.04. The van der Waals surface area contributed by atoms with Crippen LogP contribution < -0.4 is 0 Å². The molecule has 18 heavy (non-hydrogen) atoms. The lowest BCUT2D eigenvalue weighted by Crippen LogP contribution is -2.14. The normalized spacial score (nSPS) is 12.1. The van der Waals surface area contributed by atoms with Gasteiger partial charge in [0.2, 0.25) is 0 Å². The first kappa shape index (κ1) is 14.6. The summed E-state index contributed by atoms with van der Waals surface area (Å²) in [6.45, 7) is 4.14. The first-order valence-electron chi connectivity index (χ1n) is 5.91. The van der Waals surface area contributed by atoms with Crippen molar-refractivity contribution >= 4 is 16.6 Å². The average Bonchev–Trinajstić information content (AvgIpc) is 2.36. The van der Waals surface area contributed by atoms with Gasteiger partial charge in [-0.05, 0) is 24.5 Å². The summed E-state index contributed by atoms with van der Waals surface area (Å²) in [6.07, 6.45) is 0.868. The Morgan fingerprint density at radius 2 is 1.94 bits per heavy atom. The maximum atomic E-state index is 11.8. The van der Waals surface area contributed by atoms with Crippen LogP contribution in [-0.2, 0) is 10.8 Å². The summed E-state index contributed by atoms with van der Waals surface area (Å²) in [5, 5.41) is 8.65. The van der Waals surface area contributed by atoms with Crippen LogP contribution in [0.3, 0.4) is 0 Å². The molecule has 0 aliphatic rings. The van der Waals surface area contributed by atoms with E-state index in [1.807, 2.05) is 6.07 Å². The second-order valence-electron chi connectivity index (χ2n) is 4.58. The highest BCUT2D eigenvalue weighted by molar-refractivity contribution is 7.85. The number of benzene rings is 1. The van der Waals surface area contributed by atoms with Crippen molar-refractivity contribution in [2.24, 2.45) is 5.92 Å². The summed E-state index contributed by atoms with van der Waals surface area (Å²) >= 11 is 0. The Bertz CT molecular complexity index is 472. The number of hydrogen-bond acceptors (Lipinski definition) is 3. The van der Waals surface area contributed by atoms with Gasteiger partial charge in [-0.1, -0.05) is 26.0 Å². The highest BCUT2D eigenvalue weighted by atomic mass is 32.2. The van der Waals surface area contributed by atoms with Crippen LogP contribution in [-0.4, -0.2) is 21.5 Å². The van der Waals surface area contributed by atoms with E-state index in [0.717, 1.165) is 6.42 Å². The second-order valence-corrected chi connectivity index (χ2v) is 6.16. The molecule has 96 valence electrons. The van der Waals surface area contributed by atoms with Crippen molar-refractivity contribution in [3.05, 3.63) is 35.4 Å². The Morgan fingerprint density at radius 3 is 2.44 bits per heavy atom. The second kappa shape index (κ2) is 7.07. The van der Waals surface area contributed by atoms with Gasteiger partial charge in [-0.2, -0.15) is 5.26 Å². The Morgan fingerprint density at radius 1 is 1.33 bits per heavy atom. The lowest BCUT2D eigenvalue weighted by atomic mass is 10.1. The van der Waals surface area contributed by atoms with Gasteiger partial charge < -0.3 is 0 Å². The Balaban J connectivity index is 2.54. The molecule has 4 heteroatoms. The number of nitrogens with zero attached hydrogens (tertiary/aromatic N) is 1. The molecule has 1 aromatic rings. The summed E-state index contributed by atoms with van der Waals surface area (Å²) in [4.78, 5) is 11.8. The van der Waals surface area contributed by atoms with Crippen molar-refractivity contribution in [2.75, 3.05) is 11.5 Å². The molecule has 0 aromatic heterocycles. The first-order valence-corrected chi connectivity index (χ1v) is 7.40. The molecule has 0 aliphatic carbocycles. The first-order chi connectivity index (χ1) is 8.52. The van der Waals surface area contributed by atoms with Gasteiger partial charge in [0.1, 0.15) is 0 Å². The van der Waals surface area contributed by atoms with Crippen LogP contribution in [0, 0.1) is 17.2 Å². The quantitative estimate of drug-likeness (QED) is 0.741. The summed E-state index contributed by atoms with van der Waals surface area (Å²) in [6, 6.07) is 8.42. The van der Waals surface area contributed by atoms with Crippen molar-refractivity contribution in [1.82, 2.24) is 0 Å². The van der Waals surface area contributed by atoms with E-state index in [4.69, 9.17) is 5.26 Å². The van der Waals surface area contributed by atoms with Crippen LogP contribution in [0.15, 0.2) is 24.3 Å². The molecular formula is C14H17NO2S. The Kier molecular flexibility index (Phi) is 5.73. The minimum atomic E-state index is -1.09. The van der Waals surface area contributed by atoms with Crippen LogP contribution in [0.2, 0.25) is 0 Å². The summed E-state index contributed by atoms with van der Waals surface area (Å²) < 4.78 is 11.7. The van der Waals surface area contributed by atoms with Crippen LogP contribution >= 0.6 is 0 Å². The van der Waals surface area contributed by atoms with Gasteiger partial charge >= 0.3 is 0 Å². The van der Waals surface area contributed by atoms with Crippen molar-refractivity contribution in [3.63, 3.8) is 0 Å². The molecule has 0 aliphatic heterocycles. The SMILES string of the molecule is CC(C)CCS(=O)CC(=O)c1ccc(C#N)cc1. The number of nitriles is 1. The predicted molar refractivity (Wildman–Crippen MR) is 72.8 cm³/mol.